The number of benzene rings is 2. The van der Waals surface area contributed by atoms with Crippen molar-refractivity contribution in [3.63, 3.8) is 0 Å². The average Bonchev–Trinajstić information content (AvgIpc) is 2.53. The first-order valence-corrected chi connectivity index (χ1v) is 6.79. The van der Waals surface area contributed by atoms with Crippen molar-refractivity contribution < 1.29 is 18.0 Å². The van der Waals surface area contributed by atoms with E-state index in [2.05, 4.69) is 0 Å². The molecule has 0 spiro atoms. The van der Waals surface area contributed by atoms with Crippen LogP contribution in [-0.2, 0) is 6.18 Å². The van der Waals surface area contributed by atoms with E-state index in [-0.39, 0.29) is 5.56 Å². The van der Waals surface area contributed by atoms with Crippen molar-refractivity contribution in [3.8, 4) is 11.1 Å². The summed E-state index contributed by atoms with van der Waals surface area (Å²) in [7, 11) is 1.38. The lowest BCUT2D eigenvalue weighted by Gasteiger charge is -2.13. The second kappa shape index (κ2) is 5.46. The largest absolute Gasteiger partial charge is 0.416 e. The number of hydrogen-bond acceptors (Lipinski definition) is 2. The Kier molecular flexibility index (Phi) is 3.60. The number of nitrogens with zero attached hydrogens (tertiary/aromatic N) is 1. The van der Waals surface area contributed by atoms with Crippen LogP contribution in [0.4, 0.5) is 13.2 Å². The van der Waals surface area contributed by atoms with Crippen LogP contribution in [-0.4, -0.2) is 11.8 Å². The third-order valence-electron chi connectivity index (χ3n) is 3.59. The van der Waals surface area contributed by atoms with Gasteiger partial charge < -0.3 is 4.84 Å². The Morgan fingerprint density at radius 1 is 1.00 bits per heavy atom. The minimum atomic E-state index is -4.39. The zero-order valence-electron chi connectivity index (χ0n) is 12.1. The van der Waals surface area contributed by atoms with Crippen molar-refractivity contribution in [3.05, 3.63) is 70.5 Å². The summed E-state index contributed by atoms with van der Waals surface area (Å²) in [5.41, 5.74) is 0.538. The molecular formula is C17H12F3NO2. The maximum absolute atomic E-state index is 12.7. The van der Waals surface area contributed by atoms with E-state index in [1.54, 1.807) is 24.3 Å². The number of aromatic nitrogens is 1. The van der Waals surface area contributed by atoms with Crippen molar-refractivity contribution in [1.29, 1.82) is 0 Å². The molecule has 1 aromatic heterocycles. The van der Waals surface area contributed by atoms with Gasteiger partial charge in [-0.05, 0) is 29.3 Å². The van der Waals surface area contributed by atoms with E-state index in [0.717, 1.165) is 16.9 Å². The summed E-state index contributed by atoms with van der Waals surface area (Å²) in [6, 6.07) is 13.1. The van der Waals surface area contributed by atoms with Crippen molar-refractivity contribution >= 4 is 10.9 Å². The fraction of sp³-hybridized carbons (Fsp3) is 0.118. The zero-order chi connectivity index (χ0) is 16.6. The summed E-state index contributed by atoms with van der Waals surface area (Å²) in [5.74, 6) is 0. The lowest BCUT2D eigenvalue weighted by Crippen LogP contribution is -2.24. The molecule has 0 aliphatic heterocycles. The molecule has 0 fully saturated rings. The molecule has 3 aromatic rings. The van der Waals surface area contributed by atoms with Crippen LogP contribution in [0.15, 0.2) is 59.4 Å². The van der Waals surface area contributed by atoms with Gasteiger partial charge in [0.15, 0.2) is 0 Å². The lowest BCUT2D eigenvalue weighted by atomic mass is 10.00. The molecule has 3 rings (SSSR count). The van der Waals surface area contributed by atoms with Crippen LogP contribution in [0.5, 0.6) is 0 Å². The first-order valence-electron chi connectivity index (χ1n) is 6.79. The SMILES string of the molecule is COn1c(=O)cc(-c2ccc(C(F)(F)F)cc2)c2ccccc21. The predicted molar refractivity (Wildman–Crippen MR) is 81.2 cm³/mol. The highest BCUT2D eigenvalue weighted by atomic mass is 19.4. The lowest BCUT2D eigenvalue weighted by molar-refractivity contribution is -0.137. The summed E-state index contributed by atoms with van der Waals surface area (Å²) in [5, 5.41) is 0.716. The van der Waals surface area contributed by atoms with Crippen LogP contribution in [0.25, 0.3) is 22.0 Å². The average molecular weight is 319 g/mol. The minimum absolute atomic E-state index is 0.388. The van der Waals surface area contributed by atoms with Crippen LogP contribution in [0.2, 0.25) is 0 Å². The number of alkyl halides is 3. The maximum atomic E-state index is 12.7. The van der Waals surface area contributed by atoms with E-state index in [9.17, 15) is 18.0 Å². The van der Waals surface area contributed by atoms with Crippen LogP contribution in [0, 0.1) is 0 Å². The fourth-order valence-electron chi connectivity index (χ4n) is 2.52. The molecule has 23 heavy (non-hydrogen) atoms. The van der Waals surface area contributed by atoms with Crippen LogP contribution < -0.4 is 10.4 Å². The molecule has 0 atom stereocenters. The molecule has 0 saturated carbocycles. The van der Waals surface area contributed by atoms with E-state index < -0.39 is 11.7 Å². The molecule has 118 valence electrons. The first kappa shape index (κ1) is 15.1. The standard InChI is InChI=1S/C17H12F3NO2/c1-23-21-15-5-3-2-4-13(15)14(10-16(21)22)11-6-8-12(9-7-11)17(18,19)20/h2-10H,1H3. The highest BCUT2D eigenvalue weighted by molar-refractivity contribution is 5.94. The highest BCUT2D eigenvalue weighted by Gasteiger charge is 2.30. The molecule has 0 unspecified atom stereocenters. The number of fused-ring (bicyclic) bond motifs is 1. The summed E-state index contributed by atoms with van der Waals surface area (Å²) >= 11 is 0. The summed E-state index contributed by atoms with van der Waals surface area (Å²) < 4.78 is 39.1. The quantitative estimate of drug-likeness (QED) is 0.720. The molecule has 0 aliphatic rings. The predicted octanol–water partition coefficient (Wildman–Crippen LogP) is 3.75. The third-order valence-corrected chi connectivity index (χ3v) is 3.59. The summed E-state index contributed by atoms with van der Waals surface area (Å²) in [4.78, 5) is 17.2. The third kappa shape index (κ3) is 2.67. The molecule has 0 bridgehead atoms. The smallest absolute Gasteiger partial charge is 0.413 e. The Balaban J connectivity index is 2.23. The minimum Gasteiger partial charge on any atom is -0.413 e. The highest BCUT2D eigenvalue weighted by Crippen LogP contribution is 2.32. The van der Waals surface area contributed by atoms with Crippen LogP contribution in [0.3, 0.4) is 0 Å². The molecule has 6 heteroatoms. The number of halogens is 3. The van der Waals surface area contributed by atoms with E-state index in [1.807, 2.05) is 0 Å². The number of pyridine rings is 1. The first-order chi connectivity index (χ1) is 10.9. The summed E-state index contributed by atoms with van der Waals surface area (Å²) in [6.07, 6.45) is -4.39. The molecule has 0 radical (unpaired) electrons. The normalized spacial score (nSPS) is 11.7. The number of para-hydroxylation sites is 1. The maximum Gasteiger partial charge on any atom is 0.416 e. The van der Waals surface area contributed by atoms with E-state index in [1.165, 1.54) is 25.3 Å². The number of hydrogen-bond donors (Lipinski definition) is 0. The fourth-order valence-corrected chi connectivity index (χ4v) is 2.52. The Labute approximate surface area is 129 Å². The second-order valence-electron chi connectivity index (χ2n) is 4.97. The molecule has 1 heterocycles. The van der Waals surface area contributed by atoms with Crippen LogP contribution in [0.1, 0.15) is 5.56 Å². The van der Waals surface area contributed by atoms with Gasteiger partial charge >= 0.3 is 6.18 Å². The van der Waals surface area contributed by atoms with Gasteiger partial charge in [-0.25, -0.2) is 0 Å². The zero-order valence-corrected chi connectivity index (χ0v) is 12.1. The molecule has 0 amide bonds. The van der Waals surface area contributed by atoms with Gasteiger partial charge in [0.25, 0.3) is 5.56 Å². The van der Waals surface area contributed by atoms with Crippen molar-refractivity contribution in [1.82, 2.24) is 4.73 Å². The van der Waals surface area contributed by atoms with E-state index >= 15 is 0 Å². The Bertz CT molecular complexity index is 912. The van der Waals surface area contributed by atoms with Crippen molar-refractivity contribution in [2.24, 2.45) is 0 Å². The van der Waals surface area contributed by atoms with E-state index in [4.69, 9.17) is 4.84 Å². The molecule has 0 aliphatic carbocycles. The molecule has 3 nitrogen and oxygen atoms in total. The van der Waals surface area contributed by atoms with Gasteiger partial charge in [-0.3, -0.25) is 4.79 Å². The molecular weight excluding hydrogens is 307 g/mol. The van der Waals surface area contributed by atoms with Gasteiger partial charge in [0, 0.05) is 11.5 Å². The van der Waals surface area contributed by atoms with Crippen molar-refractivity contribution in [2.45, 2.75) is 6.18 Å². The van der Waals surface area contributed by atoms with Gasteiger partial charge in [0.2, 0.25) is 0 Å². The number of rotatable bonds is 2. The Hall–Kier alpha value is -2.76. The van der Waals surface area contributed by atoms with Crippen molar-refractivity contribution in [2.75, 3.05) is 7.11 Å². The van der Waals surface area contributed by atoms with Gasteiger partial charge in [-0.1, -0.05) is 30.3 Å². The second-order valence-corrected chi connectivity index (χ2v) is 4.97. The summed E-state index contributed by atoms with van der Waals surface area (Å²) in [6.45, 7) is 0. The van der Waals surface area contributed by atoms with Gasteiger partial charge in [0.1, 0.15) is 7.11 Å². The molecule has 0 N–H and O–H groups in total. The topological polar surface area (TPSA) is 31.2 Å². The van der Waals surface area contributed by atoms with Gasteiger partial charge in [-0.15, -0.1) is 4.73 Å². The van der Waals surface area contributed by atoms with Gasteiger partial charge in [-0.2, -0.15) is 13.2 Å². The molecule has 2 aromatic carbocycles. The Morgan fingerprint density at radius 2 is 1.65 bits per heavy atom. The van der Waals surface area contributed by atoms with E-state index in [0.29, 0.717) is 22.0 Å². The van der Waals surface area contributed by atoms with Crippen LogP contribution >= 0.6 is 0 Å². The Morgan fingerprint density at radius 3 is 2.26 bits per heavy atom. The molecule has 0 saturated heterocycles. The monoisotopic (exact) mass is 319 g/mol. The van der Waals surface area contributed by atoms with Gasteiger partial charge in [0.05, 0.1) is 11.1 Å².